The molecule has 0 saturated heterocycles. The Morgan fingerprint density at radius 3 is 2.47 bits per heavy atom. The van der Waals surface area contributed by atoms with Gasteiger partial charge in [-0.25, -0.2) is 4.79 Å². The summed E-state index contributed by atoms with van der Waals surface area (Å²) < 4.78 is 4.82. The molecule has 1 amide bonds. The van der Waals surface area contributed by atoms with Crippen LogP contribution in [0.4, 0.5) is 11.4 Å². The van der Waals surface area contributed by atoms with Gasteiger partial charge in [0, 0.05) is 12.2 Å². The average Bonchev–Trinajstić information content (AvgIpc) is 3.22. The number of hydrogen-bond acceptors (Lipinski definition) is 6. The van der Waals surface area contributed by atoms with Gasteiger partial charge in [0.25, 0.3) is 0 Å². The highest BCUT2D eigenvalue weighted by atomic mass is 16.5. The molecule has 1 aliphatic rings. The van der Waals surface area contributed by atoms with E-state index in [2.05, 4.69) is 41.8 Å². The van der Waals surface area contributed by atoms with Crippen LogP contribution in [-0.4, -0.2) is 56.8 Å². The largest absolute Gasteiger partial charge is 0.465 e. The fourth-order valence-corrected chi connectivity index (χ4v) is 4.26. The topological polar surface area (TPSA) is 83.0 Å². The van der Waals surface area contributed by atoms with Gasteiger partial charge in [-0.2, -0.15) is 0 Å². The summed E-state index contributed by atoms with van der Waals surface area (Å²) in [7, 11) is 5.50. The van der Waals surface area contributed by atoms with Crippen molar-refractivity contribution in [1.82, 2.24) is 10.2 Å². The molecule has 0 fully saturated rings. The minimum absolute atomic E-state index is 0.173. The van der Waals surface area contributed by atoms with E-state index < -0.39 is 11.9 Å². The molecular weight excluding hydrogens is 452 g/mol. The Morgan fingerprint density at radius 1 is 1.03 bits per heavy atom. The second-order valence-corrected chi connectivity index (χ2v) is 9.08. The van der Waals surface area contributed by atoms with Crippen LogP contribution < -0.4 is 10.6 Å². The van der Waals surface area contributed by atoms with E-state index in [0.29, 0.717) is 17.0 Å². The van der Waals surface area contributed by atoms with Gasteiger partial charge in [-0.1, -0.05) is 48.5 Å². The predicted octanol–water partition coefficient (Wildman–Crippen LogP) is 4.37. The highest BCUT2D eigenvalue weighted by molar-refractivity contribution is 6.24. The van der Waals surface area contributed by atoms with Gasteiger partial charge in [-0.3, -0.25) is 9.79 Å². The molecule has 7 nitrogen and oxygen atoms in total. The number of nitrogens with one attached hydrogen (secondary N) is 2. The van der Waals surface area contributed by atoms with Crippen molar-refractivity contribution in [3.63, 3.8) is 0 Å². The monoisotopic (exact) mass is 484 g/mol. The summed E-state index contributed by atoms with van der Waals surface area (Å²) in [6.07, 6.45) is 1.10. The summed E-state index contributed by atoms with van der Waals surface area (Å²) >= 11 is 0. The van der Waals surface area contributed by atoms with Crippen molar-refractivity contribution in [3.05, 3.63) is 95.1 Å². The number of nitrogens with zero attached hydrogens (tertiary/aromatic N) is 2. The molecule has 0 bridgehead atoms. The van der Waals surface area contributed by atoms with Gasteiger partial charge in [-0.15, -0.1) is 0 Å². The molecule has 2 N–H and O–H groups in total. The third kappa shape index (κ3) is 6.05. The van der Waals surface area contributed by atoms with Crippen molar-refractivity contribution < 1.29 is 14.3 Å². The second kappa shape index (κ2) is 11.7. The molecule has 1 heterocycles. The van der Waals surface area contributed by atoms with Crippen LogP contribution in [-0.2, 0) is 16.1 Å². The Hall–Kier alpha value is -3.81. The third-order valence-corrected chi connectivity index (χ3v) is 6.12. The number of aliphatic imine (C=N–C) groups is 1. The molecule has 4 rings (SSSR count). The Morgan fingerprint density at radius 2 is 1.78 bits per heavy atom. The molecule has 0 spiro atoms. The second-order valence-electron chi connectivity index (χ2n) is 9.08. The highest BCUT2D eigenvalue weighted by Gasteiger charge is 2.35. The molecule has 0 aromatic heterocycles. The molecule has 7 heteroatoms. The summed E-state index contributed by atoms with van der Waals surface area (Å²) in [5.74, 6) is -1.21. The van der Waals surface area contributed by atoms with Crippen LogP contribution in [0.15, 0.2) is 77.8 Å². The number of amides is 1. The Balaban J connectivity index is 1.59. The van der Waals surface area contributed by atoms with Crippen molar-refractivity contribution in [3.8, 4) is 0 Å². The van der Waals surface area contributed by atoms with Gasteiger partial charge in [0.15, 0.2) is 0 Å². The Bertz CT molecular complexity index is 1240. The van der Waals surface area contributed by atoms with Gasteiger partial charge in [0.2, 0.25) is 5.91 Å². The molecule has 0 radical (unpaired) electrons. The summed E-state index contributed by atoms with van der Waals surface area (Å²) in [5.41, 5.74) is 5.26. The maximum absolute atomic E-state index is 13.1. The number of anilines is 1. The number of hydrogen-bond donors (Lipinski definition) is 2. The van der Waals surface area contributed by atoms with E-state index in [1.165, 1.54) is 12.7 Å². The average molecular weight is 485 g/mol. The molecule has 3 aromatic carbocycles. The maximum atomic E-state index is 13.1. The van der Waals surface area contributed by atoms with Gasteiger partial charge in [-0.05, 0) is 74.6 Å². The van der Waals surface area contributed by atoms with E-state index in [1.54, 1.807) is 18.2 Å². The molecule has 1 aliphatic heterocycles. The molecular formula is C29H32N4O3. The van der Waals surface area contributed by atoms with Crippen molar-refractivity contribution in [2.24, 2.45) is 4.99 Å². The lowest BCUT2D eigenvalue weighted by Gasteiger charge is -2.14. The Kier molecular flexibility index (Phi) is 8.25. The lowest BCUT2D eigenvalue weighted by molar-refractivity contribution is -0.115. The first-order valence-corrected chi connectivity index (χ1v) is 12.1. The molecule has 1 unspecified atom stereocenters. The lowest BCUT2D eigenvalue weighted by atomic mass is 9.90. The number of rotatable bonds is 10. The van der Waals surface area contributed by atoms with Crippen molar-refractivity contribution in [2.45, 2.75) is 18.9 Å². The van der Waals surface area contributed by atoms with Gasteiger partial charge < -0.3 is 20.3 Å². The molecule has 0 aliphatic carbocycles. The smallest absolute Gasteiger partial charge is 0.337 e. The molecule has 1 atom stereocenters. The number of methoxy groups -OCH3 is 1. The number of carbonyl (C=O) groups is 2. The Labute approximate surface area is 212 Å². The van der Waals surface area contributed by atoms with Crippen LogP contribution in [0, 0.1) is 0 Å². The normalized spacial score (nSPS) is 15.1. The van der Waals surface area contributed by atoms with Crippen LogP contribution >= 0.6 is 0 Å². The predicted molar refractivity (Wildman–Crippen MR) is 143 cm³/mol. The zero-order chi connectivity index (χ0) is 25.5. The summed E-state index contributed by atoms with van der Waals surface area (Å²) in [4.78, 5) is 32.2. The van der Waals surface area contributed by atoms with Crippen molar-refractivity contribution in [2.75, 3.05) is 39.6 Å². The van der Waals surface area contributed by atoms with Crippen LogP contribution in [0.2, 0.25) is 0 Å². The molecule has 186 valence electrons. The van der Waals surface area contributed by atoms with Gasteiger partial charge >= 0.3 is 5.97 Å². The van der Waals surface area contributed by atoms with Crippen molar-refractivity contribution >= 4 is 29.0 Å². The van der Waals surface area contributed by atoms with E-state index >= 15 is 0 Å². The van der Waals surface area contributed by atoms with Gasteiger partial charge in [0.1, 0.15) is 5.92 Å². The first-order chi connectivity index (χ1) is 17.5. The SMILES string of the molecule is COC(=O)c1ccc2c(c1)NC(=O)C2C(=Nc1ccc(CNCCCN(C)C)cc1)c1ccccc1. The highest BCUT2D eigenvalue weighted by Crippen LogP contribution is 2.37. The summed E-state index contributed by atoms with van der Waals surface area (Å²) in [5, 5.41) is 6.39. The fourth-order valence-electron chi connectivity index (χ4n) is 4.26. The van der Waals surface area contributed by atoms with E-state index in [4.69, 9.17) is 9.73 Å². The lowest BCUT2D eigenvalue weighted by Crippen LogP contribution is -2.22. The minimum Gasteiger partial charge on any atom is -0.465 e. The van der Waals surface area contributed by atoms with Crippen LogP contribution in [0.5, 0.6) is 0 Å². The van der Waals surface area contributed by atoms with E-state index in [0.717, 1.165) is 42.9 Å². The number of benzene rings is 3. The van der Waals surface area contributed by atoms with E-state index in [-0.39, 0.29) is 5.91 Å². The summed E-state index contributed by atoms with van der Waals surface area (Å²) in [6, 6.07) is 22.9. The van der Waals surface area contributed by atoms with Crippen molar-refractivity contribution in [1.29, 1.82) is 0 Å². The first-order valence-electron chi connectivity index (χ1n) is 12.1. The molecule has 0 saturated carbocycles. The number of esters is 1. The summed E-state index contributed by atoms with van der Waals surface area (Å²) in [6.45, 7) is 2.82. The number of ether oxygens (including phenoxy) is 1. The fraction of sp³-hybridized carbons (Fsp3) is 0.276. The van der Waals surface area contributed by atoms with E-state index in [9.17, 15) is 9.59 Å². The van der Waals surface area contributed by atoms with Crippen LogP contribution in [0.1, 0.15) is 39.4 Å². The third-order valence-electron chi connectivity index (χ3n) is 6.12. The number of carbonyl (C=O) groups excluding carboxylic acids is 2. The maximum Gasteiger partial charge on any atom is 0.337 e. The number of fused-ring (bicyclic) bond motifs is 1. The zero-order valence-electron chi connectivity index (χ0n) is 21.0. The van der Waals surface area contributed by atoms with Crippen LogP contribution in [0.25, 0.3) is 0 Å². The van der Waals surface area contributed by atoms with Gasteiger partial charge in [0.05, 0.1) is 24.1 Å². The zero-order valence-corrected chi connectivity index (χ0v) is 21.0. The molecule has 3 aromatic rings. The van der Waals surface area contributed by atoms with E-state index in [1.807, 2.05) is 42.5 Å². The minimum atomic E-state index is -0.591. The first kappa shape index (κ1) is 25.3. The van der Waals surface area contributed by atoms with Crippen LogP contribution in [0.3, 0.4) is 0 Å². The quantitative estimate of drug-likeness (QED) is 0.254. The standard InChI is InChI=1S/C29H32N4O3/c1-33(2)17-7-16-30-19-20-10-13-23(14-11-20)31-27(21-8-5-4-6-9-21)26-24-15-12-22(29(35)36-3)18-25(24)32-28(26)34/h4-6,8-15,18,26,30H,7,16-17,19H2,1-3H3,(H,32,34). The molecule has 36 heavy (non-hydrogen) atoms.